The Morgan fingerprint density at radius 1 is 0.667 bits per heavy atom. The van der Waals surface area contributed by atoms with Gasteiger partial charge in [0.25, 0.3) is 0 Å². The van der Waals surface area contributed by atoms with Crippen molar-refractivity contribution in [1.29, 1.82) is 0 Å². The Balaban J connectivity index is 0.000000223. The van der Waals surface area contributed by atoms with E-state index in [9.17, 15) is 19.8 Å². The summed E-state index contributed by atoms with van der Waals surface area (Å²) in [5, 5.41) is 37.0. The van der Waals surface area contributed by atoms with E-state index in [1.54, 1.807) is 72.8 Å². The molecule has 0 spiro atoms. The van der Waals surface area contributed by atoms with Gasteiger partial charge in [-0.3, -0.25) is 0 Å². The summed E-state index contributed by atoms with van der Waals surface area (Å²) in [6.45, 7) is 0. The van der Waals surface area contributed by atoms with Gasteiger partial charge in [0, 0.05) is 0 Å². The van der Waals surface area contributed by atoms with Crippen LogP contribution >= 0.6 is 0 Å². The fraction of sp³-hybridized carbons (Fsp3) is 0.0476. The lowest BCUT2D eigenvalue weighted by molar-refractivity contribution is -0.155. The van der Waals surface area contributed by atoms with Crippen molar-refractivity contribution in [2.45, 2.75) is 5.60 Å². The van der Waals surface area contributed by atoms with E-state index in [1.807, 2.05) is 0 Å². The number of rotatable bonds is 4. The Kier molecular flexibility index (Phi) is 6.30. The van der Waals surface area contributed by atoms with Crippen LogP contribution in [0, 0.1) is 0 Å². The summed E-state index contributed by atoms with van der Waals surface area (Å²) in [6, 6.07) is 22.6. The number of hydrogen-bond acceptors (Lipinski definition) is 4. The highest BCUT2D eigenvalue weighted by atomic mass is 16.4. The summed E-state index contributed by atoms with van der Waals surface area (Å²) in [5.41, 5.74) is -1.37. The molecule has 138 valence electrons. The third-order valence-electron chi connectivity index (χ3n) is 3.83. The molecule has 0 aromatic heterocycles. The van der Waals surface area contributed by atoms with Crippen molar-refractivity contribution < 1.29 is 30.0 Å². The minimum absolute atomic E-state index is 0.0671. The van der Waals surface area contributed by atoms with Gasteiger partial charge >= 0.3 is 11.9 Å². The molecule has 6 heteroatoms. The molecular weight excluding hydrogens is 348 g/mol. The van der Waals surface area contributed by atoms with E-state index in [0.29, 0.717) is 11.1 Å². The lowest BCUT2D eigenvalue weighted by Crippen LogP contribution is -2.36. The number of aliphatic carboxylic acids is 1. The standard InChI is InChI=1S/C14H12O3.C7H6O3/c15-13(16)14(17,11-7-3-1-4-8-11)12-9-5-2-6-10-12;8-6-4-2-1-3-5(6)7(9)10/h1-10,17H,(H,15,16);1-4,8H,(H,9,10). The zero-order valence-corrected chi connectivity index (χ0v) is 14.2. The van der Waals surface area contributed by atoms with Gasteiger partial charge in [-0.15, -0.1) is 0 Å². The van der Waals surface area contributed by atoms with Gasteiger partial charge in [-0.2, -0.15) is 0 Å². The Hall–Kier alpha value is -3.64. The van der Waals surface area contributed by atoms with Crippen molar-refractivity contribution in [3.05, 3.63) is 102 Å². The van der Waals surface area contributed by atoms with E-state index in [-0.39, 0.29) is 11.3 Å². The normalized spacial score (nSPS) is 10.4. The van der Waals surface area contributed by atoms with Gasteiger partial charge in [-0.25, -0.2) is 9.59 Å². The maximum atomic E-state index is 11.4. The topological polar surface area (TPSA) is 115 Å². The van der Waals surface area contributed by atoms with Crippen LogP contribution in [0.4, 0.5) is 0 Å². The first-order chi connectivity index (χ1) is 12.9. The number of benzene rings is 3. The van der Waals surface area contributed by atoms with Crippen LogP contribution in [0.15, 0.2) is 84.9 Å². The molecule has 0 radical (unpaired) electrons. The zero-order valence-electron chi connectivity index (χ0n) is 14.2. The summed E-state index contributed by atoms with van der Waals surface area (Å²) in [4.78, 5) is 21.6. The van der Waals surface area contributed by atoms with Gasteiger partial charge in [0.15, 0.2) is 0 Å². The molecule has 0 atom stereocenters. The van der Waals surface area contributed by atoms with Crippen LogP contribution in [-0.4, -0.2) is 32.4 Å². The summed E-state index contributed by atoms with van der Waals surface area (Å²) < 4.78 is 0. The molecule has 0 aliphatic heterocycles. The highest BCUT2D eigenvalue weighted by Gasteiger charge is 2.39. The summed E-state index contributed by atoms with van der Waals surface area (Å²) in [7, 11) is 0. The van der Waals surface area contributed by atoms with Gasteiger partial charge in [0.2, 0.25) is 5.60 Å². The largest absolute Gasteiger partial charge is 0.507 e. The molecule has 0 unspecified atom stereocenters. The second-order valence-electron chi connectivity index (χ2n) is 5.57. The molecule has 0 amide bonds. The highest BCUT2D eigenvalue weighted by molar-refractivity contribution is 5.90. The van der Waals surface area contributed by atoms with Gasteiger partial charge in [-0.1, -0.05) is 72.8 Å². The maximum absolute atomic E-state index is 11.4. The van der Waals surface area contributed by atoms with Crippen LogP contribution < -0.4 is 0 Å². The fourth-order valence-corrected chi connectivity index (χ4v) is 2.43. The number of hydrogen-bond donors (Lipinski definition) is 4. The molecule has 3 rings (SSSR count). The molecule has 0 aliphatic carbocycles. The first-order valence-corrected chi connectivity index (χ1v) is 7.95. The summed E-state index contributed by atoms with van der Waals surface area (Å²) in [6.07, 6.45) is 0. The SMILES string of the molecule is O=C(O)C(O)(c1ccccc1)c1ccccc1.O=C(O)c1ccccc1O. The van der Waals surface area contributed by atoms with Crippen molar-refractivity contribution >= 4 is 11.9 Å². The second kappa shape index (κ2) is 8.64. The van der Waals surface area contributed by atoms with Gasteiger partial charge in [0.05, 0.1) is 0 Å². The van der Waals surface area contributed by atoms with Crippen molar-refractivity contribution in [2.75, 3.05) is 0 Å². The van der Waals surface area contributed by atoms with Crippen LogP contribution in [0.25, 0.3) is 0 Å². The lowest BCUT2D eigenvalue weighted by Gasteiger charge is -2.24. The molecule has 27 heavy (non-hydrogen) atoms. The number of aromatic carboxylic acids is 1. The molecule has 6 nitrogen and oxygen atoms in total. The van der Waals surface area contributed by atoms with E-state index in [4.69, 9.17) is 10.2 Å². The smallest absolute Gasteiger partial charge is 0.345 e. The molecule has 0 saturated carbocycles. The Labute approximate surface area is 155 Å². The Bertz CT molecular complexity index is 867. The summed E-state index contributed by atoms with van der Waals surface area (Å²) in [5.74, 6) is -2.59. The van der Waals surface area contributed by atoms with Crippen molar-refractivity contribution in [3.63, 3.8) is 0 Å². The number of carboxylic acids is 2. The van der Waals surface area contributed by atoms with Crippen molar-refractivity contribution in [2.24, 2.45) is 0 Å². The fourth-order valence-electron chi connectivity index (χ4n) is 2.43. The quantitative estimate of drug-likeness (QED) is 0.564. The monoisotopic (exact) mass is 366 g/mol. The second-order valence-corrected chi connectivity index (χ2v) is 5.57. The number of carbonyl (C=O) groups is 2. The number of phenols is 1. The van der Waals surface area contributed by atoms with E-state index < -0.39 is 17.5 Å². The molecule has 0 heterocycles. The lowest BCUT2D eigenvalue weighted by atomic mass is 9.86. The van der Waals surface area contributed by atoms with Crippen LogP contribution in [0.3, 0.4) is 0 Å². The predicted octanol–water partition coefficient (Wildman–Crippen LogP) is 3.10. The van der Waals surface area contributed by atoms with Gasteiger partial charge in [-0.05, 0) is 23.3 Å². The van der Waals surface area contributed by atoms with E-state index in [0.717, 1.165) is 0 Å². The van der Waals surface area contributed by atoms with Crippen molar-refractivity contribution in [1.82, 2.24) is 0 Å². The molecule has 0 bridgehead atoms. The Morgan fingerprint density at radius 2 is 1.07 bits per heavy atom. The van der Waals surface area contributed by atoms with Crippen LogP contribution in [-0.2, 0) is 10.4 Å². The molecule has 0 aliphatic rings. The van der Waals surface area contributed by atoms with E-state index in [1.165, 1.54) is 12.1 Å². The number of aliphatic hydroxyl groups is 1. The van der Waals surface area contributed by atoms with Gasteiger partial charge < -0.3 is 20.4 Å². The molecule has 0 saturated heterocycles. The molecule has 4 N–H and O–H groups in total. The third-order valence-corrected chi connectivity index (χ3v) is 3.83. The Morgan fingerprint density at radius 3 is 1.41 bits per heavy atom. The number of aromatic hydroxyl groups is 1. The third kappa shape index (κ3) is 4.50. The average Bonchev–Trinajstić information content (AvgIpc) is 2.69. The predicted molar refractivity (Wildman–Crippen MR) is 98.6 cm³/mol. The molecule has 0 fully saturated rings. The molecule has 3 aromatic carbocycles. The average molecular weight is 366 g/mol. The number of carboxylic acid groups (broad SMARTS) is 2. The van der Waals surface area contributed by atoms with Gasteiger partial charge in [0.1, 0.15) is 11.3 Å². The van der Waals surface area contributed by atoms with Crippen molar-refractivity contribution in [3.8, 4) is 5.75 Å². The number of para-hydroxylation sites is 1. The van der Waals surface area contributed by atoms with E-state index in [2.05, 4.69) is 0 Å². The first-order valence-electron chi connectivity index (χ1n) is 7.95. The van der Waals surface area contributed by atoms with Crippen LogP contribution in [0.1, 0.15) is 21.5 Å². The highest BCUT2D eigenvalue weighted by Crippen LogP contribution is 2.29. The summed E-state index contributed by atoms with van der Waals surface area (Å²) >= 11 is 0. The first kappa shape index (κ1) is 19.7. The molecular formula is C21H18O6. The van der Waals surface area contributed by atoms with Crippen LogP contribution in [0.2, 0.25) is 0 Å². The minimum Gasteiger partial charge on any atom is -0.507 e. The maximum Gasteiger partial charge on any atom is 0.345 e. The zero-order chi connectivity index (χ0) is 19.9. The van der Waals surface area contributed by atoms with E-state index >= 15 is 0 Å². The minimum atomic E-state index is -2.00. The molecule has 3 aromatic rings. The van der Waals surface area contributed by atoms with Crippen LogP contribution in [0.5, 0.6) is 5.75 Å².